The fourth-order valence-corrected chi connectivity index (χ4v) is 11.6. The Morgan fingerprint density at radius 3 is 1.12 bits per heavy atom. The minimum atomic E-state index is -1.98. The van der Waals surface area contributed by atoms with Crippen LogP contribution in [0.5, 0.6) is 0 Å². The lowest BCUT2D eigenvalue weighted by molar-refractivity contribution is -0.379. The van der Waals surface area contributed by atoms with Crippen molar-refractivity contribution in [1.82, 2.24) is 5.32 Å². The van der Waals surface area contributed by atoms with Crippen LogP contribution in [-0.2, 0) is 33.2 Å². The molecule has 3 fully saturated rings. The number of hydrogen-bond acceptors (Lipinski definition) is 18. The van der Waals surface area contributed by atoms with Crippen molar-refractivity contribution in [2.45, 2.75) is 330 Å². The van der Waals surface area contributed by atoms with Crippen molar-refractivity contribution in [3.8, 4) is 0 Å². The molecule has 0 aliphatic carbocycles. The number of aliphatic hydroxyl groups excluding tert-OH is 11. The SMILES string of the molecule is CC/C=C\C/C=C\C/C=C\C/C=C\C/C=C\C/C=C\C/C=C\C/C=C\C/C=C\C/C=C\CCCCCCC(=O)NC(COC1OC(CO)C(OC2OC(CO)C(OC3OC(CO)C(O)C(O)C3O)C(O)C2O)C(O)C1O)C(O)CCCCCCCCCCCCCCCCCC. The van der Waals surface area contributed by atoms with Crippen molar-refractivity contribution < 1.29 is 89.4 Å². The van der Waals surface area contributed by atoms with Crippen LogP contribution in [0.1, 0.15) is 226 Å². The molecular weight excluding hydrogens is 1230 g/mol. The van der Waals surface area contributed by atoms with Gasteiger partial charge in [-0.3, -0.25) is 4.79 Å². The molecule has 550 valence electrons. The van der Waals surface area contributed by atoms with Gasteiger partial charge in [-0.05, 0) is 89.9 Å². The van der Waals surface area contributed by atoms with Crippen molar-refractivity contribution in [2.24, 2.45) is 0 Å². The zero-order valence-corrected chi connectivity index (χ0v) is 58.3. The summed E-state index contributed by atoms with van der Waals surface area (Å²) in [5.74, 6) is -0.272. The minimum absolute atomic E-state index is 0.229. The third-order valence-electron chi connectivity index (χ3n) is 17.6. The Kier molecular flexibility index (Phi) is 51.2. The van der Waals surface area contributed by atoms with Gasteiger partial charge in [-0.1, -0.05) is 251 Å². The average Bonchev–Trinajstić information content (AvgIpc) is 0.798. The van der Waals surface area contributed by atoms with Crippen molar-refractivity contribution in [1.29, 1.82) is 0 Å². The Morgan fingerprint density at radius 2 is 0.719 bits per heavy atom. The highest BCUT2D eigenvalue weighted by molar-refractivity contribution is 5.76. The Balaban J connectivity index is 1.39. The van der Waals surface area contributed by atoms with Crippen molar-refractivity contribution in [3.05, 3.63) is 122 Å². The van der Waals surface area contributed by atoms with Crippen molar-refractivity contribution >= 4 is 5.91 Å². The van der Waals surface area contributed by atoms with Gasteiger partial charge in [-0.15, -0.1) is 0 Å². The number of carbonyl (C=O) groups is 1. The summed E-state index contributed by atoms with van der Waals surface area (Å²) in [4.78, 5) is 13.4. The van der Waals surface area contributed by atoms with Crippen LogP contribution in [0, 0.1) is 0 Å². The smallest absolute Gasteiger partial charge is 0.220 e. The molecule has 3 saturated heterocycles. The second-order valence-electron chi connectivity index (χ2n) is 25.7. The second-order valence-corrected chi connectivity index (χ2v) is 25.7. The van der Waals surface area contributed by atoms with E-state index in [2.05, 4.69) is 141 Å². The highest BCUT2D eigenvalue weighted by Crippen LogP contribution is 2.33. The first-order valence-electron chi connectivity index (χ1n) is 36.8. The van der Waals surface area contributed by atoms with Gasteiger partial charge in [-0.2, -0.15) is 0 Å². The quantitative estimate of drug-likeness (QED) is 0.0199. The van der Waals surface area contributed by atoms with E-state index < -0.39 is 124 Å². The van der Waals surface area contributed by atoms with Crippen LogP contribution in [0.3, 0.4) is 0 Å². The standard InChI is InChI=1S/C77H129NO18/c1-3-5-7-9-11-13-15-17-19-21-22-23-24-25-26-27-28-29-30-31-32-33-34-35-36-37-38-39-41-43-45-47-49-51-53-55-65(83)78-60(61(82)54-52-50-48-46-44-42-40-20-18-16-14-12-10-8-6-4-2)59-91-75-71(89)68(86)73(63(57-80)93-75)96-77-72(90)69(87)74(64(58-81)94-77)95-76-70(88)67(85)66(84)62(56-79)92-76/h5,7,11,13,17,19,22-23,25-26,28-29,31-32,34-35,37-38,41,43,60-64,66-77,79-82,84-90H,3-4,6,8-10,12,14-16,18,20-21,24,27,30,33,36,39-40,42,44-59H2,1-2H3,(H,78,83)/b7-5-,13-11-,19-17-,23-22-,26-25-,29-28-,32-31-,35-34-,38-37-,43-41-. The van der Waals surface area contributed by atoms with E-state index in [9.17, 15) is 61.0 Å². The van der Waals surface area contributed by atoms with E-state index in [1.807, 2.05) is 0 Å². The van der Waals surface area contributed by atoms with E-state index in [1.165, 1.54) is 77.0 Å². The molecule has 3 rings (SSSR count). The van der Waals surface area contributed by atoms with Gasteiger partial charge in [0.25, 0.3) is 0 Å². The summed E-state index contributed by atoms with van der Waals surface area (Å²) in [5, 5.41) is 121. The van der Waals surface area contributed by atoms with E-state index in [0.29, 0.717) is 19.3 Å². The summed E-state index contributed by atoms with van der Waals surface area (Å²) in [6.07, 6.45) is 51.3. The first-order chi connectivity index (χ1) is 46.8. The molecule has 0 saturated carbocycles. The van der Waals surface area contributed by atoms with Gasteiger partial charge in [0.1, 0.15) is 73.2 Å². The largest absolute Gasteiger partial charge is 0.394 e. The molecule has 96 heavy (non-hydrogen) atoms. The molecular formula is C77H129NO18. The first kappa shape index (κ1) is 86.4. The van der Waals surface area contributed by atoms with E-state index in [1.54, 1.807) is 0 Å². The molecule has 0 radical (unpaired) electrons. The third-order valence-corrected chi connectivity index (χ3v) is 17.6. The Bertz CT molecular complexity index is 2210. The maximum Gasteiger partial charge on any atom is 0.220 e. The molecule has 17 atom stereocenters. The number of rotatable bonds is 55. The van der Waals surface area contributed by atoms with E-state index in [4.69, 9.17) is 28.4 Å². The van der Waals surface area contributed by atoms with Crippen LogP contribution in [-0.4, -0.2) is 193 Å². The summed E-state index contributed by atoms with van der Waals surface area (Å²) in [5.41, 5.74) is 0. The predicted octanol–water partition coefficient (Wildman–Crippen LogP) is 10.8. The van der Waals surface area contributed by atoms with Crippen LogP contribution in [0.15, 0.2) is 122 Å². The molecule has 0 spiro atoms. The Labute approximate surface area is 576 Å². The molecule has 19 nitrogen and oxygen atoms in total. The predicted molar refractivity (Wildman–Crippen MR) is 378 cm³/mol. The lowest BCUT2D eigenvalue weighted by atomic mass is 9.96. The first-order valence-corrected chi connectivity index (χ1v) is 36.8. The molecule has 3 heterocycles. The summed E-state index contributed by atoms with van der Waals surface area (Å²) >= 11 is 0. The number of carbonyl (C=O) groups excluding carboxylic acids is 1. The van der Waals surface area contributed by atoms with E-state index >= 15 is 0 Å². The van der Waals surface area contributed by atoms with Gasteiger partial charge in [0, 0.05) is 6.42 Å². The van der Waals surface area contributed by atoms with Crippen LogP contribution in [0.2, 0.25) is 0 Å². The number of unbranched alkanes of at least 4 members (excludes halogenated alkanes) is 19. The molecule has 17 unspecified atom stereocenters. The lowest BCUT2D eigenvalue weighted by Crippen LogP contribution is -2.66. The van der Waals surface area contributed by atoms with Gasteiger partial charge in [0.05, 0.1) is 38.6 Å². The zero-order chi connectivity index (χ0) is 69.6. The van der Waals surface area contributed by atoms with Gasteiger partial charge >= 0.3 is 0 Å². The van der Waals surface area contributed by atoms with Gasteiger partial charge in [-0.25, -0.2) is 0 Å². The average molecular weight is 1360 g/mol. The van der Waals surface area contributed by atoms with Crippen LogP contribution >= 0.6 is 0 Å². The molecule has 0 aromatic heterocycles. The molecule has 1 amide bonds. The van der Waals surface area contributed by atoms with Gasteiger partial charge < -0.3 is 89.9 Å². The summed E-state index contributed by atoms with van der Waals surface area (Å²) < 4.78 is 34.4. The van der Waals surface area contributed by atoms with Crippen LogP contribution < -0.4 is 5.32 Å². The van der Waals surface area contributed by atoms with Crippen molar-refractivity contribution in [2.75, 3.05) is 26.4 Å². The molecule has 0 bridgehead atoms. The van der Waals surface area contributed by atoms with Crippen LogP contribution in [0.4, 0.5) is 0 Å². The Morgan fingerprint density at radius 1 is 0.385 bits per heavy atom. The minimum Gasteiger partial charge on any atom is -0.394 e. The second kappa shape index (κ2) is 56.9. The van der Waals surface area contributed by atoms with Gasteiger partial charge in [0.15, 0.2) is 18.9 Å². The number of aliphatic hydroxyl groups is 11. The third kappa shape index (κ3) is 37.6. The molecule has 0 aromatic carbocycles. The summed E-state index contributed by atoms with van der Waals surface area (Å²) in [6.45, 7) is 1.65. The zero-order valence-electron chi connectivity index (χ0n) is 58.3. The number of allylic oxidation sites excluding steroid dienone is 20. The lowest BCUT2D eigenvalue weighted by Gasteiger charge is -2.48. The monoisotopic (exact) mass is 1360 g/mol. The number of nitrogens with one attached hydrogen (secondary N) is 1. The molecule has 0 aromatic rings. The maximum atomic E-state index is 13.4. The topological polar surface area (TPSA) is 307 Å². The number of amides is 1. The normalized spacial score (nSPS) is 27.8. The molecule has 19 heteroatoms. The summed E-state index contributed by atoms with van der Waals surface area (Å²) in [7, 11) is 0. The number of hydrogen-bond donors (Lipinski definition) is 12. The summed E-state index contributed by atoms with van der Waals surface area (Å²) in [6, 6.07) is -0.911. The highest BCUT2D eigenvalue weighted by atomic mass is 16.8. The number of ether oxygens (including phenoxy) is 6. The van der Waals surface area contributed by atoms with Gasteiger partial charge in [0.2, 0.25) is 5.91 Å². The van der Waals surface area contributed by atoms with Crippen molar-refractivity contribution in [3.63, 3.8) is 0 Å². The molecule has 3 aliphatic rings. The highest BCUT2D eigenvalue weighted by Gasteiger charge is 2.53. The molecule has 3 aliphatic heterocycles. The van der Waals surface area contributed by atoms with Crippen LogP contribution in [0.25, 0.3) is 0 Å². The van der Waals surface area contributed by atoms with E-state index in [0.717, 1.165) is 109 Å². The fourth-order valence-electron chi connectivity index (χ4n) is 11.6. The molecule has 12 N–H and O–H groups in total. The maximum absolute atomic E-state index is 13.4. The fraction of sp³-hybridized carbons (Fsp3) is 0.727. The Hall–Kier alpha value is -3.81. The van der Waals surface area contributed by atoms with E-state index in [-0.39, 0.29) is 18.9 Å².